The van der Waals surface area contributed by atoms with Crippen molar-refractivity contribution >= 4 is 0 Å². The van der Waals surface area contributed by atoms with E-state index in [1.165, 1.54) is 0 Å². The van der Waals surface area contributed by atoms with Gasteiger partial charge in [0.15, 0.2) is 0 Å². The predicted molar refractivity (Wildman–Crippen MR) is 116 cm³/mol. The van der Waals surface area contributed by atoms with E-state index in [1.807, 2.05) is 75.4 Å². The van der Waals surface area contributed by atoms with Crippen LogP contribution in [0.25, 0.3) is 0 Å². The van der Waals surface area contributed by atoms with Crippen LogP contribution in [0.4, 0.5) is 0 Å². The standard InChI is InChI=1S/C25H29NO3/c1-17-8-5-11-20(23(17)27)14-26(4,15-21-12-6-9-18(2)24(21)28)16-22-13-7-10-19(3)25(22)29/h5-13H,14-16H2,1-4H3,(H2-,27,28,29)/p+1. The molecule has 3 aromatic rings. The Bertz CT molecular complexity index is 897. The number of hydrogen-bond donors (Lipinski definition) is 3. The van der Waals surface area contributed by atoms with Gasteiger partial charge in [0.1, 0.15) is 36.9 Å². The molecule has 0 aliphatic heterocycles. The van der Waals surface area contributed by atoms with Gasteiger partial charge in [-0.05, 0) is 55.7 Å². The molecule has 3 rings (SSSR count). The summed E-state index contributed by atoms with van der Waals surface area (Å²) in [6, 6.07) is 17.3. The van der Waals surface area contributed by atoms with Crippen molar-refractivity contribution in [2.75, 3.05) is 7.05 Å². The smallest absolute Gasteiger partial charge is 0.127 e. The fourth-order valence-electron chi connectivity index (χ4n) is 3.94. The quantitative estimate of drug-likeness (QED) is 0.513. The summed E-state index contributed by atoms with van der Waals surface area (Å²) in [7, 11) is 2.09. The van der Waals surface area contributed by atoms with Gasteiger partial charge < -0.3 is 19.8 Å². The van der Waals surface area contributed by atoms with Crippen molar-refractivity contribution in [3.63, 3.8) is 0 Å². The minimum atomic E-state index is 0.304. The molecule has 0 fully saturated rings. The lowest BCUT2D eigenvalue weighted by Gasteiger charge is -2.36. The van der Waals surface area contributed by atoms with E-state index >= 15 is 0 Å². The van der Waals surface area contributed by atoms with Crippen LogP contribution >= 0.6 is 0 Å². The van der Waals surface area contributed by atoms with E-state index in [-0.39, 0.29) is 0 Å². The molecule has 152 valence electrons. The average molecular weight is 393 g/mol. The lowest BCUT2D eigenvalue weighted by atomic mass is 10.0. The Kier molecular flexibility index (Phi) is 5.85. The van der Waals surface area contributed by atoms with Crippen LogP contribution in [0.15, 0.2) is 54.6 Å². The Balaban J connectivity index is 2.03. The van der Waals surface area contributed by atoms with Crippen LogP contribution in [0, 0.1) is 20.8 Å². The Labute approximate surface area is 172 Å². The van der Waals surface area contributed by atoms with E-state index in [1.54, 1.807) is 0 Å². The highest BCUT2D eigenvalue weighted by atomic mass is 16.3. The van der Waals surface area contributed by atoms with Crippen LogP contribution in [-0.2, 0) is 19.6 Å². The second kappa shape index (κ2) is 8.18. The number of benzene rings is 3. The first-order valence-corrected chi connectivity index (χ1v) is 9.86. The van der Waals surface area contributed by atoms with Gasteiger partial charge in [0.2, 0.25) is 0 Å². The number of para-hydroxylation sites is 3. The zero-order chi connectivity index (χ0) is 21.2. The first-order chi connectivity index (χ1) is 13.7. The highest BCUT2D eigenvalue weighted by Crippen LogP contribution is 2.33. The molecule has 0 amide bonds. The van der Waals surface area contributed by atoms with Crippen molar-refractivity contribution in [3.8, 4) is 17.2 Å². The van der Waals surface area contributed by atoms with Crippen LogP contribution in [0.3, 0.4) is 0 Å². The van der Waals surface area contributed by atoms with Gasteiger partial charge in [-0.1, -0.05) is 36.4 Å². The SMILES string of the molecule is Cc1cccc(C[N+](C)(Cc2cccc(C)c2O)Cc2cccc(C)c2O)c1O. The number of rotatable bonds is 6. The molecule has 0 saturated heterocycles. The Hall–Kier alpha value is -2.98. The number of quaternary nitrogens is 1. The van der Waals surface area contributed by atoms with Gasteiger partial charge in [0.05, 0.1) is 7.05 Å². The maximum Gasteiger partial charge on any atom is 0.127 e. The second-order valence-electron chi connectivity index (χ2n) is 8.34. The average Bonchev–Trinajstić information content (AvgIpc) is 2.67. The molecule has 0 spiro atoms. The van der Waals surface area contributed by atoms with Gasteiger partial charge in [0.25, 0.3) is 0 Å². The third-order valence-corrected chi connectivity index (χ3v) is 5.62. The van der Waals surface area contributed by atoms with Crippen molar-refractivity contribution < 1.29 is 19.8 Å². The summed E-state index contributed by atoms with van der Waals surface area (Å²) >= 11 is 0. The molecule has 0 unspecified atom stereocenters. The summed E-state index contributed by atoms with van der Waals surface area (Å²) in [6.07, 6.45) is 0. The third-order valence-electron chi connectivity index (χ3n) is 5.62. The predicted octanol–water partition coefficient (Wildman–Crippen LogP) is 5.08. The fraction of sp³-hybridized carbons (Fsp3) is 0.280. The van der Waals surface area contributed by atoms with Crippen LogP contribution < -0.4 is 0 Å². The highest BCUT2D eigenvalue weighted by Gasteiger charge is 2.28. The lowest BCUT2D eigenvalue weighted by Crippen LogP contribution is -2.41. The fourth-order valence-corrected chi connectivity index (χ4v) is 3.94. The molecule has 4 heteroatoms. The molecule has 0 aliphatic carbocycles. The molecule has 0 radical (unpaired) electrons. The minimum Gasteiger partial charge on any atom is -0.507 e. The number of nitrogens with zero attached hydrogens (tertiary/aromatic N) is 1. The molecular formula is C25H30NO3+. The van der Waals surface area contributed by atoms with E-state index < -0.39 is 0 Å². The van der Waals surface area contributed by atoms with Crippen LogP contribution in [-0.4, -0.2) is 26.9 Å². The van der Waals surface area contributed by atoms with E-state index in [2.05, 4.69) is 7.05 Å². The molecule has 0 saturated carbocycles. The summed E-state index contributed by atoms with van der Waals surface area (Å²) in [6.45, 7) is 7.36. The Morgan fingerprint density at radius 1 is 0.552 bits per heavy atom. The number of phenols is 3. The third kappa shape index (κ3) is 4.54. The summed E-state index contributed by atoms with van der Waals surface area (Å²) < 4.78 is 0.491. The summed E-state index contributed by atoms with van der Waals surface area (Å²) in [4.78, 5) is 0. The molecular weight excluding hydrogens is 362 g/mol. The Morgan fingerprint density at radius 2 is 0.828 bits per heavy atom. The molecule has 3 N–H and O–H groups in total. The molecule has 0 aliphatic rings. The van der Waals surface area contributed by atoms with Crippen molar-refractivity contribution in [3.05, 3.63) is 88.0 Å². The van der Waals surface area contributed by atoms with Gasteiger partial charge in [-0.15, -0.1) is 0 Å². The molecule has 3 aromatic carbocycles. The number of aromatic hydroxyl groups is 3. The van der Waals surface area contributed by atoms with E-state index in [9.17, 15) is 15.3 Å². The topological polar surface area (TPSA) is 60.7 Å². The summed E-state index contributed by atoms with van der Waals surface area (Å²) in [5.41, 5.74) is 5.08. The molecule has 0 heterocycles. The van der Waals surface area contributed by atoms with Crippen LogP contribution in [0.1, 0.15) is 33.4 Å². The monoisotopic (exact) mass is 392 g/mol. The number of aryl methyl sites for hydroxylation is 3. The van der Waals surface area contributed by atoms with Gasteiger partial charge in [-0.3, -0.25) is 0 Å². The number of phenolic OH excluding ortho intramolecular Hbond substituents is 3. The second-order valence-corrected chi connectivity index (χ2v) is 8.34. The minimum absolute atomic E-state index is 0.304. The first kappa shape index (κ1) is 20.7. The van der Waals surface area contributed by atoms with E-state index in [0.29, 0.717) is 41.4 Å². The maximum atomic E-state index is 10.6. The summed E-state index contributed by atoms with van der Waals surface area (Å²) in [5.74, 6) is 0.913. The maximum absolute atomic E-state index is 10.6. The molecule has 0 aromatic heterocycles. The highest BCUT2D eigenvalue weighted by molar-refractivity contribution is 5.41. The van der Waals surface area contributed by atoms with Crippen LogP contribution in [0.5, 0.6) is 17.2 Å². The molecule has 0 bridgehead atoms. The molecule has 4 nitrogen and oxygen atoms in total. The lowest BCUT2D eigenvalue weighted by molar-refractivity contribution is -0.948. The zero-order valence-electron chi connectivity index (χ0n) is 17.6. The van der Waals surface area contributed by atoms with Crippen molar-refractivity contribution in [2.45, 2.75) is 40.4 Å². The zero-order valence-corrected chi connectivity index (χ0v) is 17.6. The van der Waals surface area contributed by atoms with Gasteiger partial charge >= 0.3 is 0 Å². The molecule has 0 atom stereocenters. The van der Waals surface area contributed by atoms with E-state index in [0.717, 1.165) is 33.4 Å². The van der Waals surface area contributed by atoms with Gasteiger partial charge in [-0.2, -0.15) is 0 Å². The molecule has 29 heavy (non-hydrogen) atoms. The number of hydrogen-bond acceptors (Lipinski definition) is 3. The van der Waals surface area contributed by atoms with Crippen molar-refractivity contribution in [1.29, 1.82) is 0 Å². The van der Waals surface area contributed by atoms with E-state index in [4.69, 9.17) is 0 Å². The summed E-state index contributed by atoms with van der Waals surface area (Å²) in [5, 5.41) is 31.7. The first-order valence-electron chi connectivity index (χ1n) is 9.86. The normalized spacial score (nSPS) is 11.6. The van der Waals surface area contributed by atoms with Crippen molar-refractivity contribution in [2.24, 2.45) is 0 Å². The Morgan fingerprint density at radius 3 is 1.10 bits per heavy atom. The van der Waals surface area contributed by atoms with Crippen LogP contribution in [0.2, 0.25) is 0 Å². The van der Waals surface area contributed by atoms with Gasteiger partial charge in [0, 0.05) is 16.7 Å². The van der Waals surface area contributed by atoms with Crippen molar-refractivity contribution in [1.82, 2.24) is 0 Å². The van der Waals surface area contributed by atoms with Gasteiger partial charge in [-0.25, -0.2) is 0 Å². The largest absolute Gasteiger partial charge is 0.507 e.